The topological polar surface area (TPSA) is 58.4 Å². The molecule has 0 fully saturated rings. The zero-order valence-corrected chi connectivity index (χ0v) is 20.5. The van der Waals surface area contributed by atoms with Gasteiger partial charge in [-0.3, -0.25) is 0 Å². The van der Waals surface area contributed by atoms with Gasteiger partial charge in [-0.15, -0.1) is 11.3 Å². The van der Waals surface area contributed by atoms with Crippen molar-refractivity contribution in [2.24, 2.45) is 0 Å². The lowest BCUT2D eigenvalue weighted by molar-refractivity contribution is -0.0505. The average Bonchev–Trinajstić information content (AvgIpc) is 3.56. The lowest BCUT2D eigenvalue weighted by Gasteiger charge is -2.08. The maximum atomic E-state index is 12.8. The van der Waals surface area contributed by atoms with Crippen LogP contribution in [0.5, 0.6) is 17.2 Å². The molecular formula is C27H19F4N3O3S. The maximum absolute atomic E-state index is 12.8. The molecule has 6 nitrogen and oxygen atoms in total. The summed E-state index contributed by atoms with van der Waals surface area (Å²) in [6.07, 6.45) is 0. The van der Waals surface area contributed by atoms with Crippen molar-refractivity contribution in [3.8, 4) is 56.2 Å². The van der Waals surface area contributed by atoms with Gasteiger partial charge in [-0.05, 0) is 54.6 Å². The highest BCUT2D eigenvalue weighted by molar-refractivity contribution is 7.12. The highest BCUT2D eigenvalue weighted by Crippen LogP contribution is 2.34. The first-order valence-electron chi connectivity index (χ1n) is 11.2. The molecule has 0 atom stereocenters. The Hall–Kier alpha value is -4.38. The van der Waals surface area contributed by atoms with Crippen LogP contribution in [0.2, 0.25) is 0 Å². The van der Waals surface area contributed by atoms with E-state index in [2.05, 4.69) is 14.6 Å². The van der Waals surface area contributed by atoms with E-state index in [4.69, 9.17) is 9.72 Å². The Labute approximate surface area is 218 Å². The molecule has 38 heavy (non-hydrogen) atoms. The lowest BCUT2D eigenvalue weighted by Crippen LogP contribution is -2.02. The van der Waals surface area contributed by atoms with Crippen molar-refractivity contribution in [2.75, 3.05) is 7.11 Å². The van der Waals surface area contributed by atoms with Gasteiger partial charge in [0.2, 0.25) is 5.13 Å². The normalized spacial score (nSPS) is 11.2. The lowest BCUT2D eigenvalue weighted by atomic mass is 10.1. The highest BCUT2D eigenvalue weighted by Gasteiger charge is 2.18. The van der Waals surface area contributed by atoms with Crippen molar-refractivity contribution in [3.05, 3.63) is 84.2 Å². The Morgan fingerprint density at radius 3 is 1.97 bits per heavy atom. The summed E-state index contributed by atoms with van der Waals surface area (Å²) in [5, 5.41) is 7.07. The number of hydrogen-bond donors (Lipinski definition) is 0. The van der Waals surface area contributed by atoms with Crippen molar-refractivity contribution in [3.63, 3.8) is 0 Å². The standard InChI is InChI=1S/C27H19F4N3O3S/c1-35-19-10-8-16(9-11-19)23-15-38-27(32-23)34-24(18-5-3-7-21(13-18)37-26(30)31)14-22(33-34)17-4-2-6-20(12-17)36-25(28)29/h2-15,25-26H,1H3. The van der Waals surface area contributed by atoms with Crippen LogP contribution in [0.1, 0.15) is 0 Å². The zero-order valence-electron chi connectivity index (χ0n) is 19.7. The number of nitrogens with zero attached hydrogens (tertiary/aromatic N) is 3. The summed E-state index contributed by atoms with van der Waals surface area (Å²) in [6.45, 7) is -5.95. The highest BCUT2D eigenvalue weighted by atomic mass is 32.1. The maximum Gasteiger partial charge on any atom is 0.387 e. The third-order valence-corrected chi connectivity index (χ3v) is 6.29. The summed E-state index contributed by atoms with van der Waals surface area (Å²) >= 11 is 1.33. The van der Waals surface area contributed by atoms with Crippen LogP contribution in [0.3, 0.4) is 0 Å². The second-order valence-electron chi connectivity index (χ2n) is 7.88. The van der Waals surface area contributed by atoms with E-state index < -0.39 is 13.2 Å². The number of aromatic nitrogens is 3. The molecule has 0 bridgehead atoms. The zero-order chi connectivity index (χ0) is 26.6. The molecule has 0 aliphatic rings. The molecule has 3 aromatic carbocycles. The van der Waals surface area contributed by atoms with Gasteiger partial charge in [-0.25, -0.2) is 9.67 Å². The number of rotatable bonds is 9. The molecule has 0 saturated carbocycles. The summed E-state index contributed by atoms with van der Waals surface area (Å²) < 4.78 is 67.1. The van der Waals surface area contributed by atoms with E-state index in [-0.39, 0.29) is 11.5 Å². The van der Waals surface area contributed by atoms with Crippen molar-refractivity contribution in [1.29, 1.82) is 0 Å². The van der Waals surface area contributed by atoms with Crippen LogP contribution in [0, 0.1) is 0 Å². The van der Waals surface area contributed by atoms with E-state index in [9.17, 15) is 17.6 Å². The molecule has 0 amide bonds. The van der Waals surface area contributed by atoms with Crippen LogP contribution in [0.15, 0.2) is 84.2 Å². The van der Waals surface area contributed by atoms with E-state index >= 15 is 0 Å². The number of hydrogen-bond acceptors (Lipinski definition) is 6. The van der Waals surface area contributed by atoms with Crippen molar-refractivity contribution < 1.29 is 31.8 Å². The smallest absolute Gasteiger partial charge is 0.387 e. The summed E-state index contributed by atoms with van der Waals surface area (Å²) in [5.41, 5.74) is 3.62. The van der Waals surface area contributed by atoms with Gasteiger partial charge in [0.15, 0.2) is 0 Å². The molecule has 5 rings (SSSR count). The van der Waals surface area contributed by atoms with E-state index in [1.54, 1.807) is 42.1 Å². The van der Waals surface area contributed by atoms with Crippen LogP contribution < -0.4 is 14.2 Å². The summed E-state index contributed by atoms with van der Waals surface area (Å²) in [4.78, 5) is 4.73. The SMILES string of the molecule is COc1ccc(-c2csc(-n3nc(-c4cccc(OC(F)F)c4)cc3-c3cccc(OC(F)F)c3)n2)cc1. The largest absolute Gasteiger partial charge is 0.497 e. The number of benzene rings is 3. The van der Waals surface area contributed by atoms with Crippen LogP contribution >= 0.6 is 11.3 Å². The minimum absolute atomic E-state index is 0.0165. The molecule has 5 aromatic rings. The van der Waals surface area contributed by atoms with Gasteiger partial charge in [-0.2, -0.15) is 22.7 Å². The second-order valence-corrected chi connectivity index (χ2v) is 8.72. The van der Waals surface area contributed by atoms with Gasteiger partial charge in [0.25, 0.3) is 0 Å². The number of alkyl halides is 4. The molecule has 0 saturated heterocycles. The van der Waals surface area contributed by atoms with Gasteiger partial charge in [-0.1, -0.05) is 24.3 Å². The number of ether oxygens (including phenoxy) is 3. The van der Waals surface area contributed by atoms with Crippen molar-refractivity contribution >= 4 is 11.3 Å². The minimum Gasteiger partial charge on any atom is -0.497 e. The minimum atomic E-state index is -2.98. The first-order valence-corrected chi connectivity index (χ1v) is 12.1. The predicted molar refractivity (Wildman–Crippen MR) is 135 cm³/mol. The molecule has 0 aliphatic heterocycles. The van der Waals surface area contributed by atoms with E-state index in [0.717, 1.165) is 5.56 Å². The first kappa shape index (κ1) is 25.3. The fourth-order valence-corrected chi connectivity index (χ4v) is 4.59. The molecule has 2 heterocycles. The second kappa shape index (κ2) is 10.9. The summed E-state index contributed by atoms with van der Waals surface area (Å²) in [5.74, 6) is 0.682. The van der Waals surface area contributed by atoms with Gasteiger partial charge >= 0.3 is 13.2 Å². The molecule has 194 valence electrons. The molecule has 11 heteroatoms. The molecule has 2 aromatic heterocycles. The van der Waals surface area contributed by atoms with Gasteiger partial charge in [0, 0.05) is 22.1 Å². The monoisotopic (exact) mass is 541 g/mol. The fraction of sp³-hybridized carbons (Fsp3) is 0.111. The van der Waals surface area contributed by atoms with Crippen LogP contribution in [-0.2, 0) is 0 Å². The Balaban J connectivity index is 1.59. The summed E-state index contributed by atoms with van der Waals surface area (Å²) in [7, 11) is 1.59. The van der Waals surface area contributed by atoms with Gasteiger partial charge in [0.1, 0.15) is 17.2 Å². The molecular weight excluding hydrogens is 522 g/mol. The third-order valence-electron chi connectivity index (χ3n) is 5.48. The van der Waals surface area contributed by atoms with Gasteiger partial charge < -0.3 is 14.2 Å². The third kappa shape index (κ3) is 5.62. The van der Waals surface area contributed by atoms with Crippen LogP contribution in [0.4, 0.5) is 17.6 Å². The van der Waals surface area contributed by atoms with Crippen LogP contribution in [0.25, 0.3) is 38.9 Å². The molecule has 0 spiro atoms. The molecule has 0 unspecified atom stereocenters. The van der Waals surface area contributed by atoms with E-state index in [0.29, 0.717) is 39.1 Å². The van der Waals surface area contributed by atoms with Crippen molar-refractivity contribution in [2.45, 2.75) is 13.2 Å². The molecule has 0 radical (unpaired) electrons. The predicted octanol–water partition coefficient (Wildman–Crippen LogP) is 7.54. The fourth-order valence-electron chi connectivity index (χ4n) is 3.79. The first-order chi connectivity index (χ1) is 18.4. The number of halogens is 4. The van der Waals surface area contributed by atoms with E-state index in [1.165, 1.54) is 35.6 Å². The Kier molecular flexibility index (Phi) is 7.27. The number of methoxy groups -OCH3 is 1. The number of thiazole rings is 1. The quantitative estimate of drug-likeness (QED) is 0.181. The molecule has 0 aliphatic carbocycles. The van der Waals surface area contributed by atoms with Gasteiger partial charge in [0.05, 0.1) is 24.2 Å². The van der Waals surface area contributed by atoms with Crippen LogP contribution in [-0.4, -0.2) is 35.1 Å². The summed E-state index contributed by atoms with van der Waals surface area (Å²) in [6, 6.07) is 21.5. The van der Waals surface area contributed by atoms with E-state index in [1.807, 2.05) is 29.6 Å². The molecule has 0 N–H and O–H groups in total. The van der Waals surface area contributed by atoms with Crippen molar-refractivity contribution in [1.82, 2.24) is 14.8 Å². The Bertz CT molecular complexity index is 1540. The Morgan fingerprint density at radius 1 is 0.711 bits per heavy atom. The average molecular weight is 542 g/mol. The Morgan fingerprint density at radius 2 is 1.34 bits per heavy atom.